The molecule has 0 spiro atoms. The summed E-state index contributed by atoms with van der Waals surface area (Å²) in [6, 6.07) is 0. The molecule has 1 aromatic rings. The Morgan fingerprint density at radius 3 is 2.86 bits per heavy atom. The Balaban J connectivity index is 2.50. The van der Waals surface area contributed by atoms with Gasteiger partial charge < -0.3 is 0 Å². The third-order valence-corrected chi connectivity index (χ3v) is 3.11. The molecule has 0 saturated carbocycles. The highest BCUT2D eigenvalue weighted by atomic mass is 32.1. The smallest absolute Gasteiger partial charge is 0.0925 e. The quantitative estimate of drug-likeness (QED) is 0.767. The van der Waals surface area contributed by atoms with Crippen LogP contribution in [0.3, 0.4) is 0 Å². The average molecular weight is 208 g/mol. The van der Waals surface area contributed by atoms with Gasteiger partial charge >= 0.3 is 0 Å². The van der Waals surface area contributed by atoms with Gasteiger partial charge in [0.05, 0.1) is 10.5 Å². The number of aryl methyl sites for hydroxylation is 1. The van der Waals surface area contributed by atoms with Crippen LogP contribution in [0.4, 0.5) is 0 Å². The van der Waals surface area contributed by atoms with Crippen molar-refractivity contribution in [2.75, 3.05) is 0 Å². The molecule has 1 aromatic heterocycles. The third kappa shape index (κ3) is 3.13. The van der Waals surface area contributed by atoms with E-state index >= 15 is 0 Å². The van der Waals surface area contributed by atoms with Gasteiger partial charge in [0.15, 0.2) is 0 Å². The van der Waals surface area contributed by atoms with Crippen molar-refractivity contribution in [2.45, 2.75) is 39.3 Å². The lowest BCUT2D eigenvalue weighted by Crippen LogP contribution is -2.36. The van der Waals surface area contributed by atoms with Gasteiger partial charge in [-0.25, -0.2) is 4.98 Å². The summed E-state index contributed by atoms with van der Waals surface area (Å²) in [5.74, 6) is 2.71. The van der Waals surface area contributed by atoms with Crippen LogP contribution in [-0.4, -0.2) is 10.5 Å². The van der Waals surface area contributed by atoms with E-state index in [1.165, 1.54) is 9.88 Å². The molecule has 1 heterocycles. The van der Waals surface area contributed by atoms with E-state index in [2.05, 4.69) is 23.1 Å². The molecule has 0 aromatic carbocycles. The maximum Gasteiger partial charge on any atom is 0.0925 e. The van der Waals surface area contributed by atoms with Gasteiger partial charge in [-0.2, -0.15) is 0 Å². The van der Waals surface area contributed by atoms with Gasteiger partial charge in [0, 0.05) is 17.6 Å². The molecule has 0 bridgehead atoms. The Labute approximate surface area is 89.8 Å². The first-order valence-electron chi connectivity index (χ1n) is 4.74. The van der Waals surface area contributed by atoms with Crippen molar-refractivity contribution in [1.82, 2.24) is 10.3 Å². The number of aromatic nitrogens is 1. The second-order valence-electron chi connectivity index (χ2n) is 3.70. The third-order valence-electron chi connectivity index (χ3n) is 1.97. The van der Waals surface area contributed by atoms with Crippen molar-refractivity contribution in [3.8, 4) is 12.3 Å². The van der Waals surface area contributed by atoms with E-state index < -0.39 is 0 Å². The maximum absolute atomic E-state index is 5.38. The summed E-state index contributed by atoms with van der Waals surface area (Å²) in [6.45, 7) is 6.90. The number of nitrogens with one attached hydrogen (secondary N) is 1. The van der Waals surface area contributed by atoms with Crippen LogP contribution in [0.5, 0.6) is 0 Å². The number of nitrogens with zero attached hydrogens (tertiary/aromatic N) is 1. The molecule has 0 aliphatic carbocycles. The van der Waals surface area contributed by atoms with Crippen LogP contribution < -0.4 is 5.32 Å². The average Bonchev–Trinajstić information content (AvgIpc) is 2.63. The fraction of sp³-hybridized carbons (Fsp3) is 0.545. The lowest BCUT2D eigenvalue weighted by atomic mass is 10.1. The minimum Gasteiger partial charge on any atom is -0.297 e. The monoisotopic (exact) mass is 208 g/mol. The van der Waals surface area contributed by atoms with Crippen LogP contribution in [0.15, 0.2) is 6.20 Å². The molecular formula is C11H16N2S. The highest BCUT2D eigenvalue weighted by Gasteiger charge is 2.12. The normalized spacial score (nSPS) is 11.3. The van der Waals surface area contributed by atoms with Gasteiger partial charge in [-0.3, -0.25) is 5.32 Å². The van der Waals surface area contributed by atoms with Crippen molar-refractivity contribution in [2.24, 2.45) is 0 Å². The Morgan fingerprint density at radius 1 is 1.64 bits per heavy atom. The molecule has 0 aliphatic rings. The van der Waals surface area contributed by atoms with E-state index in [-0.39, 0.29) is 5.54 Å². The minimum atomic E-state index is -0.240. The largest absolute Gasteiger partial charge is 0.297 e. The van der Waals surface area contributed by atoms with Gasteiger partial charge in [-0.1, -0.05) is 12.8 Å². The van der Waals surface area contributed by atoms with Gasteiger partial charge in [0.1, 0.15) is 0 Å². The van der Waals surface area contributed by atoms with Gasteiger partial charge in [0.2, 0.25) is 0 Å². The molecule has 0 atom stereocenters. The molecule has 0 amide bonds. The van der Waals surface area contributed by atoms with Crippen molar-refractivity contribution in [1.29, 1.82) is 0 Å². The van der Waals surface area contributed by atoms with Crippen molar-refractivity contribution in [3.63, 3.8) is 0 Å². The number of hydrogen-bond donors (Lipinski definition) is 1. The topological polar surface area (TPSA) is 24.9 Å². The zero-order valence-corrected chi connectivity index (χ0v) is 9.74. The molecule has 0 radical (unpaired) electrons. The zero-order chi connectivity index (χ0) is 10.6. The molecule has 0 saturated heterocycles. The summed E-state index contributed by atoms with van der Waals surface area (Å²) in [4.78, 5) is 5.53. The van der Waals surface area contributed by atoms with Crippen molar-refractivity contribution >= 4 is 11.3 Å². The first-order valence-corrected chi connectivity index (χ1v) is 5.55. The molecule has 0 fully saturated rings. The molecule has 2 nitrogen and oxygen atoms in total. The lowest BCUT2D eigenvalue weighted by Gasteiger charge is -2.18. The molecule has 0 aliphatic heterocycles. The van der Waals surface area contributed by atoms with Gasteiger partial charge in [-0.15, -0.1) is 17.8 Å². The predicted octanol–water partition coefficient (Wildman–Crippen LogP) is 2.21. The van der Waals surface area contributed by atoms with Crippen molar-refractivity contribution in [3.05, 3.63) is 16.1 Å². The van der Waals surface area contributed by atoms with E-state index in [0.29, 0.717) is 0 Å². The summed E-state index contributed by atoms with van der Waals surface area (Å²) < 4.78 is 0. The molecule has 14 heavy (non-hydrogen) atoms. The van der Waals surface area contributed by atoms with Crippen LogP contribution >= 0.6 is 11.3 Å². The summed E-state index contributed by atoms with van der Waals surface area (Å²) in [7, 11) is 0. The van der Waals surface area contributed by atoms with Crippen molar-refractivity contribution < 1.29 is 0 Å². The first-order chi connectivity index (χ1) is 6.57. The second-order valence-corrected chi connectivity index (χ2v) is 4.90. The Hall–Kier alpha value is -0.850. The first kappa shape index (κ1) is 11.2. The Kier molecular flexibility index (Phi) is 3.68. The summed E-state index contributed by atoms with van der Waals surface area (Å²) in [6.07, 6.45) is 8.30. The zero-order valence-electron chi connectivity index (χ0n) is 8.92. The summed E-state index contributed by atoms with van der Waals surface area (Å²) >= 11 is 1.74. The summed E-state index contributed by atoms with van der Waals surface area (Å²) in [5, 5.41) is 4.48. The highest BCUT2D eigenvalue weighted by molar-refractivity contribution is 7.11. The SMILES string of the molecule is C#CC(C)(C)NCc1cnc(CC)s1. The van der Waals surface area contributed by atoms with E-state index in [0.717, 1.165) is 13.0 Å². The molecule has 1 N–H and O–H groups in total. The number of thiazole rings is 1. The van der Waals surface area contributed by atoms with Crippen LogP contribution in [0, 0.1) is 12.3 Å². The van der Waals surface area contributed by atoms with Gasteiger partial charge in [-0.05, 0) is 20.3 Å². The second kappa shape index (κ2) is 4.59. The predicted molar refractivity (Wildman–Crippen MR) is 61.2 cm³/mol. The molecular weight excluding hydrogens is 192 g/mol. The van der Waals surface area contributed by atoms with E-state index in [9.17, 15) is 0 Å². The van der Waals surface area contributed by atoms with Crippen LogP contribution in [-0.2, 0) is 13.0 Å². The number of hydrogen-bond acceptors (Lipinski definition) is 3. The fourth-order valence-corrected chi connectivity index (χ4v) is 1.75. The molecule has 3 heteroatoms. The highest BCUT2D eigenvalue weighted by Crippen LogP contribution is 2.14. The molecule has 1 rings (SSSR count). The minimum absolute atomic E-state index is 0.240. The summed E-state index contributed by atoms with van der Waals surface area (Å²) in [5.41, 5.74) is -0.240. The van der Waals surface area contributed by atoms with Gasteiger partial charge in [0.25, 0.3) is 0 Å². The van der Waals surface area contributed by atoms with E-state index in [1.54, 1.807) is 11.3 Å². The standard InChI is InChI=1S/C11H16N2S/c1-5-10-12-7-9(14-10)8-13-11(3,4)6-2/h2,7,13H,5,8H2,1,3-4H3. The maximum atomic E-state index is 5.38. The van der Waals surface area contributed by atoms with E-state index in [1.807, 2.05) is 20.0 Å². The molecule has 76 valence electrons. The number of terminal acetylenes is 1. The number of rotatable bonds is 4. The van der Waals surface area contributed by atoms with Crippen LogP contribution in [0.2, 0.25) is 0 Å². The lowest BCUT2D eigenvalue weighted by molar-refractivity contribution is 0.493. The van der Waals surface area contributed by atoms with Crippen LogP contribution in [0.25, 0.3) is 0 Å². The Bertz CT molecular complexity index is 333. The van der Waals surface area contributed by atoms with Crippen LogP contribution in [0.1, 0.15) is 30.7 Å². The van der Waals surface area contributed by atoms with E-state index in [4.69, 9.17) is 6.42 Å². The Morgan fingerprint density at radius 2 is 2.36 bits per heavy atom. The molecule has 0 unspecified atom stereocenters. The fourth-order valence-electron chi connectivity index (χ4n) is 0.952.